The maximum atomic E-state index is 11.8. The van der Waals surface area contributed by atoms with Crippen molar-refractivity contribution in [2.24, 2.45) is 0 Å². The van der Waals surface area contributed by atoms with E-state index in [2.05, 4.69) is 4.98 Å². The number of amides is 1. The molecular formula is C11H17N3O4. The highest BCUT2D eigenvalue weighted by molar-refractivity contribution is 5.78. The standard InChI is InChI=1S/C11H17N3O4/c1-11(2,18)6-14(3)9(16)5-7-4-8(15)13-10(17)12-7/h4,18H,5-6H2,1-3H3,(H2,12,13,15,17). The van der Waals surface area contributed by atoms with Gasteiger partial charge in [-0.05, 0) is 13.8 Å². The highest BCUT2D eigenvalue weighted by Crippen LogP contribution is 2.04. The van der Waals surface area contributed by atoms with Gasteiger partial charge in [0.1, 0.15) is 0 Å². The van der Waals surface area contributed by atoms with Crippen LogP contribution in [0, 0.1) is 0 Å². The highest BCUT2D eigenvalue weighted by Gasteiger charge is 2.19. The summed E-state index contributed by atoms with van der Waals surface area (Å²) < 4.78 is 0. The first-order valence-electron chi connectivity index (χ1n) is 5.46. The van der Waals surface area contributed by atoms with Gasteiger partial charge in [-0.1, -0.05) is 0 Å². The van der Waals surface area contributed by atoms with Crippen molar-refractivity contribution in [3.05, 3.63) is 32.6 Å². The summed E-state index contributed by atoms with van der Waals surface area (Å²) in [7, 11) is 1.55. The summed E-state index contributed by atoms with van der Waals surface area (Å²) in [4.78, 5) is 39.6. The van der Waals surface area contributed by atoms with Gasteiger partial charge in [-0.3, -0.25) is 14.6 Å². The lowest BCUT2D eigenvalue weighted by Gasteiger charge is -2.25. The second kappa shape index (κ2) is 5.18. The fraction of sp³-hybridized carbons (Fsp3) is 0.545. The topological polar surface area (TPSA) is 106 Å². The van der Waals surface area contributed by atoms with Crippen molar-refractivity contribution < 1.29 is 9.90 Å². The number of aromatic amines is 2. The Labute approximate surface area is 103 Å². The Morgan fingerprint density at radius 1 is 1.39 bits per heavy atom. The highest BCUT2D eigenvalue weighted by atomic mass is 16.3. The molecule has 1 rings (SSSR count). The van der Waals surface area contributed by atoms with E-state index in [4.69, 9.17) is 0 Å². The summed E-state index contributed by atoms with van der Waals surface area (Å²) in [5.41, 5.74) is -1.94. The predicted octanol–water partition coefficient (Wildman–Crippen LogP) is -1.16. The largest absolute Gasteiger partial charge is 0.389 e. The Morgan fingerprint density at radius 3 is 2.50 bits per heavy atom. The molecule has 0 fully saturated rings. The van der Waals surface area contributed by atoms with Crippen LogP contribution in [0.2, 0.25) is 0 Å². The van der Waals surface area contributed by atoms with Gasteiger partial charge in [0, 0.05) is 25.4 Å². The van der Waals surface area contributed by atoms with Crippen LogP contribution in [0.15, 0.2) is 15.7 Å². The average Bonchev–Trinajstić information content (AvgIpc) is 2.12. The molecule has 0 saturated carbocycles. The van der Waals surface area contributed by atoms with Crippen molar-refractivity contribution in [1.82, 2.24) is 14.9 Å². The second-order valence-electron chi connectivity index (χ2n) is 4.85. The van der Waals surface area contributed by atoms with E-state index in [1.807, 2.05) is 4.98 Å². The number of nitrogens with zero attached hydrogens (tertiary/aromatic N) is 1. The van der Waals surface area contributed by atoms with Crippen LogP contribution in [-0.2, 0) is 11.2 Å². The molecule has 0 radical (unpaired) electrons. The number of aliphatic hydroxyl groups is 1. The molecule has 18 heavy (non-hydrogen) atoms. The number of hydrogen-bond acceptors (Lipinski definition) is 4. The molecule has 1 heterocycles. The van der Waals surface area contributed by atoms with Crippen molar-refractivity contribution in [3.8, 4) is 0 Å². The average molecular weight is 255 g/mol. The molecule has 3 N–H and O–H groups in total. The lowest BCUT2D eigenvalue weighted by atomic mass is 10.1. The number of likely N-dealkylation sites (N-methyl/N-ethyl adjacent to an activating group) is 1. The molecule has 0 bridgehead atoms. The first kappa shape index (κ1) is 14.2. The van der Waals surface area contributed by atoms with Crippen molar-refractivity contribution >= 4 is 5.91 Å². The SMILES string of the molecule is CN(CC(C)(C)O)C(=O)Cc1cc(=O)[nH]c(=O)[nH]1. The van der Waals surface area contributed by atoms with Gasteiger partial charge < -0.3 is 15.0 Å². The minimum absolute atomic E-state index is 0.0915. The zero-order chi connectivity index (χ0) is 13.9. The Morgan fingerprint density at radius 2 is 2.00 bits per heavy atom. The maximum Gasteiger partial charge on any atom is 0.325 e. The zero-order valence-corrected chi connectivity index (χ0v) is 10.6. The molecule has 100 valence electrons. The Bertz CT molecular complexity index is 510. The summed E-state index contributed by atoms with van der Waals surface area (Å²) >= 11 is 0. The van der Waals surface area contributed by atoms with Crippen molar-refractivity contribution in [1.29, 1.82) is 0 Å². The molecule has 7 nitrogen and oxygen atoms in total. The van der Waals surface area contributed by atoms with Gasteiger partial charge in [-0.15, -0.1) is 0 Å². The third kappa shape index (κ3) is 4.54. The number of carbonyl (C=O) groups excluding carboxylic acids is 1. The molecule has 0 spiro atoms. The van der Waals surface area contributed by atoms with Crippen molar-refractivity contribution in [2.45, 2.75) is 25.9 Å². The number of aromatic nitrogens is 2. The van der Waals surface area contributed by atoms with Gasteiger partial charge >= 0.3 is 5.69 Å². The van der Waals surface area contributed by atoms with E-state index in [1.54, 1.807) is 20.9 Å². The normalized spacial score (nSPS) is 11.3. The first-order chi connectivity index (χ1) is 8.17. The van der Waals surface area contributed by atoms with Crippen LogP contribution < -0.4 is 11.2 Å². The summed E-state index contributed by atoms with van der Waals surface area (Å²) in [5, 5.41) is 9.58. The fourth-order valence-corrected chi connectivity index (χ4v) is 1.58. The molecule has 0 aliphatic rings. The van der Waals surface area contributed by atoms with E-state index in [0.29, 0.717) is 0 Å². The van der Waals surface area contributed by atoms with Crippen LogP contribution in [0.25, 0.3) is 0 Å². The van der Waals surface area contributed by atoms with Gasteiger partial charge in [0.2, 0.25) is 5.91 Å². The number of nitrogens with one attached hydrogen (secondary N) is 2. The van der Waals surface area contributed by atoms with Crippen LogP contribution >= 0.6 is 0 Å². The number of carbonyl (C=O) groups is 1. The van der Waals surface area contributed by atoms with Crippen LogP contribution in [0.4, 0.5) is 0 Å². The molecule has 0 atom stereocenters. The molecule has 7 heteroatoms. The summed E-state index contributed by atoms with van der Waals surface area (Å²) in [6, 6.07) is 1.16. The monoisotopic (exact) mass is 255 g/mol. The third-order valence-electron chi connectivity index (χ3n) is 2.21. The van der Waals surface area contributed by atoms with Crippen LogP contribution in [-0.4, -0.2) is 45.1 Å². The molecular weight excluding hydrogens is 238 g/mol. The minimum atomic E-state index is -0.994. The molecule has 1 aromatic heterocycles. The summed E-state index contributed by atoms with van der Waals surface area (Å²) in [5.74, 6) is -0.293. The lowest BCUT2D eigenvalue weighted by molar-refractivity contribution is -0.131. The van der Waals surface area contributed by atoms with E-state index in [9.17, 15) is 19.5 Å². The molecule has 0 aliphatic heterocycles. The Hall–Kier alpha value is -1.89. The minimum Gasteiger partial charge on any atom is -0.389 e. The second-order valence-corrected chi connectivity index (χ2v) is 4.85. The smallest absolute Gasteiger partial charge is 0.325 e. The van der Waals surface area contributed by atoms with E-state index < -0.39 is 16.9 Å². The van der Waals surface area contributed by atoms with E-state index in [1.165, 1.54) is 4.90 Å². The molecule has 0 unspecified atom stereocenters. The zero-order valence-electron chi connectivity index (χ0n) is 10.6. The van der Waals surface area contributed by atoms with Crippen LogP contribution in [0.3, 0.4) is 0 Å². The van der Waals surface area contributed by atoms with Gasteiger partial charge in [0.25, 0.3) is 5.56 Å². The van der Waals surface area contributed by atoms with Gasteiger partial charge in [0.15, 0.2) is 0 Å². The van der Waals surface area contributed by atoms with Crippen molar-refractivity contribution in [2.75, 3.05) is 13.6 Å². The predicted molar refractivity (Wildman–Crippen MR) is 65.3 cm³/mol. The number of hydrogen-bond donors (Lipinski definition) is 3. The maximum absolute atomic E-state index is 11.8. The quantitative estimate of drug-likeness (QED) is 0.630. The van der Waals surface area contributed by atoms with E-state index in [-0.39, 0.29) is 24.6 Å². The molecule has 0 aliphatic carbocycles. The molecule has 1 amide bonds. The lowest BCUT2D eigenvalue weighted by Crippen LogP contribution is -2.40. The third-order valence-corrected chi connectivity index (χ3v) is 2.21. The van der Waals surface area contributed by atoms with E-state index in [0.717, 1.165) is 6.07 Å². The number of H-pyrrole nitrogens is 2. The molecule has 0 aromatic carbocycles. The van der Waals surface area contributed by atoms with E-state index >= 15 is 0 Å². The van der Waals surface area contributed by atoms with Crippen LogP contribution in [0.5, 0.6) is 0 Å². The van der Waals surface area contributed by atoms with Gasteiger partial charge in [-0.25, -0.2) is 4.79 Å². The fourth-order valence-electron chi connectivity index (χ4n) is 1.58. The first-order valence-corrected chi connectivity index (χ1v) is 5.46. The summed E-state index contributed by atoms with van der Waals surface area (Å²) in [6.07, 6.45) is -0.0915. The van der Waals surface area contributed by atoms with Crippen LogP contribution in [0.1, 0.15) is 19.5 Å². The Balaban J connectivity index is 2.75. The molecule has 0 saturated heterocycles. The number of rotatable bonds is 4. The molecule has 1 aromatic rings. The Kier molecular flexibility index (Phi) is 4.07. The van der Waals surface area contributed by atoms with Gasteiger partial charge in [-0.2, -0.15) is 0 Å². The summed E-state index contributed by atoms with van der Waals surface area (Å²) in [6.45, 7) is 3.34. The van der Waals surface area contributed by atoms with Gasteiger partial charge in [0.05, 0.1) is 12.0 Å². The van der Waals surface area contributed by atoms with Crippen molar-refractivity contribution in [3.63, 3.8) is 0 Å².